The fraction of sp³-hybridized carbons (Fsp3) is 0.407. The molecule has 0 saturated heterocycles. The number of hydrogen-bond acceptors (Lipinski definition) is 7. The Hall–Kier alpha value is -3.30. The maximum Gasteiger partial charge on any atom is 0.343 e. The number of nitrogens with zero attached hydrogens (tertiary/aromatic N) is 2. The first kappa shape index (κ1) is 24.4. The Morgan fingerprint density at radius 2 is 2.00 bits per heavy atom. The monoisotopic (exact) mass is 506 g/mol. The number of benzene rings is 1. The molecule has 4 heterocycles. The molecule has 0 saturated carbocycles. The van der Waals surface area contributed by atoms with Gasteiger partial charge in [-0.05, 0) is 30.5 Å². The molecule has 1 N–H and O–H groups in total. The van der Waals surface area contributed by atoms with Crippen LogP contribution >= 0.6 is 0 Å². The lowest BCUT2D eigenvalue weighted by atomic mass is 9.86. The lowest BCUT2D eigenvalue weighted by Gasteiger charge is -2.31. The van der Waals surface area contributed by atoms with Crippen LogP contribution in [-0.2, 0) is 44.2 Å². The van der Waals surface area contributed by atoms with E-state index in [0.29, 0.717) is 35.3 Å². The fourth-order valence-electron chi connectivity index (χ4n) is 5.23. The first-order valence-corrected chi connectivity index (χ1v) is 15.7. The zero-order chi connectivity index (χ0) is 25.8. The fourth-order valence-corrected chi connectivity index (χ4v) is 6.90. The molecular formula is C27H30N2O6Si. The van der Waals surface area contributed by atoms with Crippen molar-refractivity contribution in [3.8, 4) is 11.4 Å². The van der Waals surface area contributed by atoms with E-state index in [2.05, 4.69) is 19.2 Å². The lowest BCUT2D eigenvalue weighted by molar-refractivity contribution is -0.172. The van der Waals surface area contributed by atoms with Gasteiger partial charge in [-0.3, -0.25) is 9.59 Å². The molecule has 0 bridgehead atoms. The van der Waals surface area contributed by atoms with Crippen molar-refractivity contribution in [2.75, 3.05) is 6.23 Å². The maximum atomic E-state index is 13.5. The van der Waals surface area contributed by atoms with Gasteiger partial charge in [0.2, 0.25) is 0 Å². The number of aromatic nitrogens is 2. The molecule has 5 rings (SSSR count). The summed E-state index contributed by atoms with van der Waals surface area (Å²) in [6, 6.07) is 10.6. The highest BCUT2D eigenvalue weighted by molar-refractivity contribution is 6.77. The summed E-state index contributed by atoms with van der Waals surface area (Å²) in [4.78, 5) is 42.3. The summed E-state index contributed by atoms with van der Waals surface area (Å²) in [5.74, 6) is -0.994. The number of rotatable bonds is 6. The quantitative estimate of drug-likeness (QED) is 0.315. The summed E-state index contributed by atoms with van der Waals surface area (Å²) < 4.78 is 12.2. The minimum Gasteiger partial charge on any atom is -0.470 e. The van der Waals surface area contributed by atoms with E-state index in [1.165, 1.54) is 6.92 Å². The largest absolute Gasteiger partial charge is 0.470 e. The Balaban J connectivity index is 1.64. The zero-order valence-corrected chi connectivity index (χ0v) is 22.0. The van der Waals surface area contributed by atoms with Crippen molar-refractivity contribution in [2.45, 2.75) is 64.6 Å². The van der Waals surface area contributed by atoms with Crippen LogP contribution in [0.2, 0.25) is 19.1 Å². The molecule has 188 valence electrons. The summed E-state index contributed by atoms with van der Waals surface area (Å²) in [5, 5.41) is 12.2. The Kier molecular flexibility index (Phi) is 5.87. The number of carbonyl (C=O) groups is 2. The van der Waals surface area contributed by atoms with Gasteiger partial charge >= 0.3 is 11.9 Å². The average Bonchev–Trinajstić information content (AvgIpc) is 3.22. The second kappa shape index (κ2) is 8.67. The van der Waals surface area contributed by atoms with Crippen molar-refractivity contribution in [3.63, 3.8) is 0 Å². The second-order valence-electron chi connectivity index (χ2n) is 10.5. The lowest BCUT2D eigenvalue weighted by Crippen LogP contribution is -2.44. The third kappa shape index (κ3) is 3.86. The number of ether oxygens (including phenoxy) is 2. The van der Waals surface area contributed by atoms with Crippen LogP contribution in [-0.4, -0.2) is 40.9 Å². The highest BCUT2D eigenvalue weighted by atomic mass is 28.3. The highest BCUT2D eigenvalue weighted by Crippen LogP contribution is 2.40. The average molecular weight is 507 g/mol. The maximum absolute atomic E-state index is 13.5. The van der Waals surface area contributed by atoms with E-state index in [9.17, 15) is 19.5 Å². The molecule has 9 heteroatoms. The summed E-state index contributed by atoms with van der Waals surface area (Å²) >= 11 is 0. The predicted octanol–water partition coefficient (Wildman–Crippen LogP) is 3.43. The molecule has 36 heavy (non-hydrogen) atoms. The van der Waals surface area contributed by atoms with Crippen LogP contribution in [0.5, 0.6) is 0 Å². The number of aliphatic hydroxyl groups is 1. The SMILES string of the molecule is CC[C@@]1(O)C(=O)OCc2c1cc1n(c2=O)Cc2c-1nc1ccccc1c2CC[Si](C)(C)COC(C)=O. The standard InChI is InChI=1S/C27H30N2O6Si/c1-5-27(33)21-12-23-24-19(13-29(23)25(31)20(21)14-34-26(27)32)17(18-8-6-7-9-22(18)28-24)10-11-36(3,4)15-35-16(2)30/h6-9,12,33H,5,10-11,13-15H2,1-4H3/t27-/m0/s1. The van der Waals surface area contributed by atoms with Gasteiger partial charge in [0.05, 0.1) is 43.3 Å². The summed E-state index contributed by atoms with van der Waals surface area (Å²) in [6.07, 6.45) is 1.34. The van der Waals surface area contributed by atoms with Crippen LogP contribution in [0, 0.1) is 0 Å². The summed E-state index contributed by atoms with van der Waals surface area (Å²) in [6.45, 7) is 7.75. The van der Waals surface area contributed by atoms with Crippen molar-refractivity contribution in [1.82, 2.24) is 9.55 Å². The molecule has 1 atom stereocenters. The molecule has 2 aromatic heterocycles. The number of cyclic esters (lactones) is 1. The molecule has 0 amide bonds. The summed E-state index contributed by atoms with van der Waals surface area (Å²) in [7, 11) is -1.83. The van der Waals surface area contributed by atoms with Gasteiger partial charge in [-0.2, -0.15) is 0 Å². The van der Waals surface area contributed by atoms with Gasteiger partial charge in [0.15, 0.2) is 5.60 Å². The molecule has 2 aliphatic heterocycles. The minimum atomic E-state index is -1.85. The topological polar surface area (TPSA) is 108 Å². The van der Waals surface area contributed by atoms with E-state index in [4.69, 9.17) is 14.5 Å². The number of fused-ring (bicyclic) bond motifs is 5. The number of para-hydroxylation sites is 1. The first-order valence-electron chi connectivity index (χ1n) is 12.3. The number of carbonyl (C=O) groups excluding carboxylic acids is 2. The third-order valence-electron chi connectivity index (χ3n) is 7.43. The van der Waals surface area contributed by atoms with Crippen molar-refractivity contribution < 1.29 is 24.2 Å². The first-order chi connectivity index (χ1) is 17.1. The smallest absolute Gasteiger partial charge is 0.343 e. The number of pyridine rings is 2. The van der Waals surface area contributed by atoms with Gasteiger partial charge in [-0.25, -0.2) is 9.78 Å². The van der Waals surface area contributed by atoms with Crippen molar-refractivity contribution >= 4 is 30.9 Å². The van der Waals surface area contributed by atoms with Gasteiger partial charge in [-0.15, -0.1) is 0 Å². The highest BCUT2D eigenvalue weighted by Gasteiger charge is 2.45. The summed E-state index contributed by atoms with van der Waals surface area (Å²) in [5.41, 5.74) is 2.79. The Bertz CT molecular complexity index is 1480. The van der Waals surface area contributed by atoms with Crippen molar-refractivity contribution in [1.29, 1.82) is 0 Å². The van der Waals surface area contributed by atoms with E-state index >= 15 is 0 Å². The van der Waals surface area contributed by atoms with Gasteiger partial charge in [0.1, 0.15) is 6.61 Å². The molecule has 0 aliphatic carbocycles. The van der Waals surface area contributed by atoms with E-state index in [1.54, 1.807) is 17.6 Å². The minimum absolute atomic E-state index is 0.104. The molecule has 3 aromatic rings. The van der Waals surface area contributed by atoms with Crippen molar-refractivity contribution in [2.24, 2.45) is 0 Å². The van der Waals surface area contributed by atoms with E-state index < -0.39 is 19.6 Å². The Morgan fingerprint density at radius 3 is 2.72 bits per heavy atom. The van der Waals surface area contributed by atoms with Gasteiger partial charge in [0.25, 0.3) is 5.56 Å². The van der Waals surface area contributed by atoms with Gasteiger partial charge < -0.3 is 19.1 Å². The molecular weight excluding hydrogens is 476 g/mol. The molecule has 0 spiro atoms. The predicted molar refractivity (Wildman–Crippen MR) is 137 cm³/mol. The molecule has 1 aromatic carbocycles. The van der Waals surface area contributed by atoms with Crippen LogP contribution in [0.4, 0.5) is 0 Å². The second-order valence-corrected chi connectivity index (χ2v) is 15.6. The van der Waals surface area contributed by atoms with Crippen LogP contribution < -0.4 is 5.56 Å². The molecule has 0 fully saturated rings. The Morgan fingerprint density at radius 1 is 1.25 bits per heavy atom. The molecule has 0 radical (unpaired) electrons. The third-order valence-corrected chi connectivity index (χ3v) is 9.96. The van der Waals surface area contributed by atoms with Crippen LogP contribution in [0.15, 0.2) is 35.1 Å². The molecule has 8 nitrogen and oxygen atoms in total. The van der Waals surface area contributed by atoms with E-state index in [0.717, 1.165) is 34.5 Å². The normalized spacial score (nSPS) is 18.4. The van der Waals surface area contributed by atoms with Crippen molar-refractivity contribution in [3.05, 3.63) is 62.9 Å². The zero-order valence-electron chi connectivity index (χ0n) is 21.0. The van der Waals surface area contributed by atoms with Gasteiger partial charge in [0, 0.05) is 23.4 Å². The molecule has 2 aliphatic rings. The van der Waals surface area contributed by atoms with E-state index in [1.807, 2.05) is 18.2 Å². The van der Waals surface area contributed by atoms with Crippen LogP contribution in [0.1, 0.15) is 42.5 Å². The number of aryl methyl sites for hydroxylation is 1. The van der Waals surface area contributed by atoms with Crippen LogP contribution in [0.3, 0.4) is 0 Å². The number of esters is 2. The Labute approximate surface area is 209 Å². The molecule has 0 unspecified atom stereocenters. The van der Waals surface area contributed by atoms with Crippen LogP contribution in [0.25, 0.3) is 22.3 Å². The van der Waals surface area contributed by atoms with Gasteiger partial charge in [-0.1, -0.05) is 44.3 Å². The number of hydrogen-bond donors (Lipinski definition) is 1. The van der Waals surface area contributed by atoms with E-state index in [-0.39, 0.29) is 24.6 Å².